The molecule has 0 bridgehead atoms. The number of benzene rings is 2. The molecule has 3 rings (SSSR count). The Bertz CT molecular complexity index is 909. The third kappa shape index (κ3) is 3.92. The molecule has 3 aromatic rings. The molecule has 0 aliphatic carbocycles. The summed E-state index contributed by atoms with van der Waals surface area (Å²) in [5.41, 5.74) is 2.56. The minimum Gasteiger partial charge on any atom is -0.383 e. The third-order valence-electron chi connectivity index (χ3n) is 3.83. The monoisotopic (exact) mass is 370 g/mol. The van der Waals surface area contributed by atoms with Crippen molar-refractivity contribution in [2.45, 2.75) is 6.92 Å². The van der Waals surface area contributed by atoms with Gasteiger partial charge in [-0.15, -0.1) is 5.10 Å². The zero-order chi connectivity index (χ0) is 18.5. The highest BCUT2D eigenvalue weighted by atomic mass is 35.5. The summed E-state index contributed by atoms with van der Waals surface area (Å²) in [6, 6.07) is 15.2. The summed E-state index contributed by atoms with van der Waals surface area (Å²) < 4.78 is 6.58. The number of ether oxygens (including phenoxy) is 1. The fourth-order valence-electron chi connectivity index (χ4n) is 2.42. The fraction of sp³-hybridized carbons (Fsp3) is 0.211. The molecule has 0 spiro atoms. The summed E-state index contributed by atoms with van der Waals surface area (Å²) in [6.07, 6.45) is 0. The van der Waals surface area contributed by atoms with Crippen LogP contribution in [0.25, 0.3) is 17.1 Å². The number of rotatable bonds is 6. The number of carbonyl (C=O) groups excluding carboxylic acids is 1. The van der Waals surface area contributed by atoms with E-state index in [1.54, 1.807) is 11.8 Å². The molecule has 1 heterocycles. The Morgan fingerprint density at radius 3 is 2.69 bits per heavy atom. The van der Waals surface area contributed by atoms with Gasteiger partial charge in [0.25, 0.3) is 5.91 Å². The molecule has 0 saturated heterocycles. The van der Waals surface area contributed by atoms with E-state index in [1.807, 2.05) is 55.5 Å². The minimum absolute atomic E-state index is 0.0941. The van der Waals surface area contributed by atoms with Crippen molar-refractivity contribution >= 4 is 17.5 Å². The van der Waals surface area contributed by atoms with Gasteiger partial charge < -0.3 is 10.1 Å². The van der Waals surface area contributed by atoms with E-state index in [1.165, 1.54) is 0 Å². The fourth-order valence-corrected chi connectivity index (χ4v) is 2.60. The maximum Gasteiger partial charge on any atom is 0.291 e. The van der Waals surface area contributed by atoms with Gasteiger partial charge in [0.05, 0.1) is 12.3 Å². The molecule has 0 atom stereocenters. The lowest BCUT2D eigenvalue weighted by atomic mass is 10.2. The second kappa shape index (κ2) is 8.12. The molecule has 2 aromatic carbocycles. The van der Waals surface area contributed by atoms with E-state index in [-0.39, 0.29) is 11.7 Å². The summed E-state index contributed by atoms with van der Waals surface area (Å²) in [6.45, 7) is 2.74. The lowest BCUT2D eigenvalue weighted by Crippen LogP contribution is -2.28. The van der Waals surface area contributed by atoms with E-state index in [2.05, 4.69) is 15.4 Å². The highest BCUT2D eigenvalue weighted by Gasteiger charge is 2.18. The molecule has 134 valence electrons. The molecular formula is C19H19ClN4O2. The molecule has 1 N–H and O–H groups in total. The van der Waals surface area contributed by atoms with Crippen LogP contribution in [-0.4, -0.2) is 40.9 Å². The lowest BCUT2D eigenvalue weighted by molar-refractivity contribution is 0.0927. The average molecular weight is 371 g/mol. The topological polar surface area (TPSA) is 69.0 Å². The van der Waals surface area contributed by atoms with Crippen molar-refractivity contribution in [1.29, 1.82) is 0 Å². The Kier molecular flexibility index (Phi) is 5.65. The van der Waals surface area contributed by atoms with E-state index in [0.29, 0.717) is 24.0 Å². The summed E-state index contributed by atoms with van der Waals surface area (Å²) in [4.78, 5) is 16.8. The normalized spacial score (nSPS) is 10.7. The van der Waals surface area contributed by atoms with Crippen LogP contribution in [0.4, 0.5) is 0 Å². The molecule has 0 aliphatic rings. The van der Waals surface area contributed by atoms with Gasteiger partial charge >= 0.3 is 0 Å². The van der Waals surface area contributed by atoms with Crippen molar-refractivity contribution in [3.8, 4) is 17.1 Å². The van der Waals surface area contributed by atoms with Gasteiger partial charge in [-0.05, 0) is 24.6 Å². The first-order valence-electron chi connectivity index (χ1n) is 8.16. The Morgan fingerprint density at radius 1 is 1.23 bits per heavy atom. The molecule has 26 heavy (non-hydrogen) atoms. The van der Waals surface area contributed by atoms with Crippen LogP contribution in [-0.2, 0) is 4.74 Å². The van der Waals surface area contributed by atoms with Crippen molar-refractivity contribution in [3.63, 3.8) is 0 Å². The maximum atomic E-state index is 12.3. The zero-order valence-electron chi connectivity index (χ0n) is 14.6. The van der Waals surface area contributed by atoms with Gasteiger partial charge in [0.2, 0.25) is 5.82 Å². The van der Waals surface area contributed by atoms with Gasteiger partial charge in [-0.3, -0.25) is 4.79 Å². The Labute approximate surface area is 156 Å². The summed E-state index contributed by atoms with van der Waals surface area (Å²) in [7, 11) is 1.58. The molecule has 7 heteroatoms. The van der Waals surface area contributed by atoms with E-state index in [9.17, 15) is 4.79 Å². The van der Waals surface area contributed by atoms with E-state index >= 15 is 0 Å². The summed E-state index contributed by atoms with van der Waals surface area (Å²) in [5.74, 6) is 0.315. The van der Waals surface area contributed by atoms with E-state index < -0.39 is 0 Å². The van der Waals surface area contributed by atoms with Gasteiger partial charge in [-0.25, -0.2) is 9.67 Å². The van der Waals surface area contributed by atoms with Gasteiger partial charge in [0.15, 0.2) is 5.82 Å². The van der Waals surface area contributed by atoms with Crippen molar-refractivity contribution in [2.75, 3.05) is 20.3 Å². The lowest BCUT2D eigenvalue weighted by Gasteiger charge is -2.07. The smallest absolute Gasteiger partial charge is 0.291 e. The first-order valence-corrected chi connectivity index (χ1v) is 8.54. The second-order valence-corrected chi connectivity index (χ2v) is 6.13. The zero-order valence-corrected chi connectivity index (χ0v) is 15.3. The molecule has 0 radical (unpaired) electrons. The first kappa shape index (κ1) is 18.1. The first-order chi connectivity index (χ1) is 12.6. The number of hydrogen-bond acceptors (Lipinski definition) is 4. The van der Waals surface area contributed by atoms with Crippen molar-refractivity contribution in [3.05, 3.63) is 64.9 Å². The average Bonchev–Trinajstić information content (AvgIpc) is 3.10. The third-order valence-corrected chi connectivity index (χ3v) is 4.24. The number of amides is 1. The minimum atomic E-state index is -0.351. The van der Waals surface area contributed by atoms with Gasteiger partial charge in [-0.2, -0.15) is 0 Å². The second-order valence-electron chi connectivity index (χ2n) is 5.72. The van der Waals surface area contributed by atoms with Crippen molar-refractivity contribution < 1.29 is 9.53 Å². The number of nitrogens with zero attached hydrogens (tertiary/aromatic N) is 3. The molecule has 6 nitrogen and oxygen atoms in total. The van der Waals surface area contributed by atoms with Crippen LogP contribution < -0.4 is 5.32 Å². The molecule has 1 amide bonds. The molecule has 1 aromatic heterocycles. The largest absolute Gasteiger partial charge is 0.383 e. The quantitative estimate of drug-likeness (QED) is 0.676. The van der Waals surface area contributed by atoms with Crippen LogP contribution in [0.1, 0.15) is 16.2 Å². The van der Waals surface area contributed by atoms with Crippen LogP contribution in [0.15, 0.2) is 48.5 Å². The number of halogens is 1. The van der Waals surface area contributed by atoms with Crippen LogP contribution in [0.3, 0.4) is 0 Å². The SMILES string of the molecule is COCCNC(=O)c1nc(-c2ccccc2)n(-c2ccc(C)c(Cl)c2)n1. The molecule has 0 unspecified atom stereocenters. The van der Waals surface area contributed by atoms with Crippen LogP contribution in [0, 0.1) is 6.92 Å². The molecule has 0 fully saturated rings. The number of aryl methyl sites for hydroxylation is 1. The number of methoxy groups -OCH3 is 1. The highest BCUT2D eigenvalue weighted by molar-refractivity contribution is 6.31. The van der Waals surface area contributed by atoms with Crippen molar-refractivity contribution in [2.24, 2.45) is 0 Å². The summed E-state index contributed by atoms with van der Waals surface area (Å²) in [5, 5.41) is 7.76. The number of carbonyl (C=O) groups is 1. The molecular weight excluding hydrogens is 352 g/mol. The van der Waals surface area contributed by atoms with Gasteiger partial charge in [0.1, 0.15) is 0 Å². The predicted molar refractivity (Wildman–Crippen MR) is 101 cm³/mol. The van der Waals surface area contributed by atoms with E-state index in [0.717, 1.165) is 16.8 Å². The molecule has 0 saturated carbocycles. The van der Waals surface area contributed by atoms with Gasteiger partial charge in [0, 0.05) is 24.2 Å². The van der Waals surface area contributed by atoms with Gasteiger partial charge in [-0.1, -0.05) is 48.0 Å². The number of nitrogens with one attached hydrogen (secondary N) is 1. The Hall–Kier alpha value is -2.70. The highest BCUT2D eigenvalue weighted by Crippen LogP contribution is 2.24. The van der Waals surface area contributed by atoms with E-state index in [4.69, 9.17) is 16.3 Å². The van der Waals surface area contributed by atoms with Crippen molar-refractivity contribution in [1.82, 2.24) is 20.1 Å². The Morgan fingerprint density at radius 2 is 2.00 bits per heavy atom. The summed E-state index contributed by atoms with van der Waals surface area (Å²) >= 11 is 6.26. The standard InChI is InChI=1S/C19H19ClN4O2/c1-13-8-9-15(12-16(13)20)24-18(14-6-4-3-5-7-14)22-17(23-24)19(25)21-10-11-26-2/h3-9,12H,10-11H2,1-2H3,(H,21,25). The van der Waals surface area contributed by atoms with Crippen LogP contribution in [0.2, 0.25) is 5.02 Å². The van der Waals surface area contributed by atoms with Crippen LogP contribution >= 0.6 is 11.6 Å². The molecule has 0 aliphatic heterocycles. The predicted octanol–water partition coefficient (Wildman–Crippen LogP) is 3.27. The number of hydrogen-bond donors (Lipinski definition) is 1. The maximum absolute atomic E-state index is 12.3. The number of aromatic nitrogens is 3. The Balaban J connectivity index is 2.03. The van der Waals surface area contributed by atoms with Crippen LogP contribution in [0.5, 0.6) is 0 Å².